The van der Waals surface area contributed by atoms with Gasteiger partial charge in [-0.1, -0.05) is 33.8 Å². The summed E-state index contributed by atoms with van der Waals surface area (Å²) in [6.07, 6.45) is 3.91. The van der Waals surface area contributed by atoms with Gasteiger partial charge in [0, 0.05) is 17.2 Å². The molecule has 1 saturated heterocycles. The summed E-state index contributed by atoms with van der Waals surface area (Å²) in [6.45, 7) is 11.4. The first-order valence-corrected chi connectivity index (χ1v) is 11.2. The molecule has 0 saturated carbocycles. The number of methoxy groups -OCH3 is 2. The second-order valence-electron chi connectivity index (χ2n) is 10.2. The van der Waals surface area contributed by atoms with Gasteiger partial charge >= 0.3 is 6.03 Å². The zero-order valence-corrected chi connectivity index (χ0v) is 20.4. The lowest BCUT2D eigenvalue weighted by molar-refractivity contribution is -0.115. The average molecular weight is 449 g/mol. The average Bonchev–Trinajstić information content (AvgIpc) is 3.07. The van der Waals surface area contributed by atoms with Crippen molar-refractivity contribution < 1.29 is 19.1 Å². The summed E-state index contributed by atoms with van der Waals surface area (Å²) in [6, 6.07) is 7.87. The molecule has 0 atom stereocenters. The van der Waals surface area contributed by atoms with E-state index in [1.807, 2.05) is 12.1 Å². The lowest BCUT2D eigenvalue weighted by atomic mass is 9.62. The van der Waals surface area contributed by atoms with Crippen LogP contribution in [0.3, 0.4) is 0 Å². The maximum absolute atomic E-state index is 12.1. The molecule has 0 unspecified atom stereocenters. The van der Waals surface area contributed by atoms with E-state index in [2.05, 4.69) is 57.4 Å². The number of imide groups is 1. The summed E-state index contributed by atoms with van der Waals surface area (Å²) in [5.41, 5.74) is 6.98. The second kappa shape index (κ2) is 7.94. The number of carbonyl (C=O) groups excluding carboxylic acids is 2. The van der Waals surface area contributed by atoms with Gasteiger partial charge in [-0.3, -0.25) is 10.1 Å². The predicted octanol–water partition coefficient (Wildman–Crippen LogP) is 5.21. The number of urea groups is 1. The zero-order valence-electron chi connectivity index (χ0n) is 20.4. The van der Waals surface area contributed by atoms with E-state index in [9.17, 15) is 9.59 Å². The molecule has 0 bridgehead atoms. The highest BCUT2D eigenvalue weighted by Crippen LogP contribution is 2.49. The highest BCUT2D eigenvalue weighted by Gasteiger charge is 2.37. The third-order valence-corrected chi connectivity index (χ3v) is 7.06. The van der Waals surface area contributed by atoms with Crippen molar-refractivity contribution in [2.75, 3.05) is 14.2 Å². The molecule has 3 amide bonds. The van der Waals surface area contributed by atoms with E-state index in [0.29, 0.717) is 17.1 Å². The summed E-state index contributed by atoms with van der Waals surface area (Å²) in [5.74, 6) is 0.771. The molecule has 2 N–H and O–H groups in total. The van der Waals surface area contributed by atoms with E-state index in [-0.39, 0.29) is 16.5 Å². The van der Waals surface area contributed by atoms with E-state index in [1.165, 1.54) is 11.1 Å². The summed E-state index contributed by atoms with van der Waals surface area (Å²) < 4.78 is 11.3. The van der Waals surface area contributed by atoms with Crippen LogP contribution in [0.25, 0.3) is 17.2 Å². The molecule has 1 heterocycles. The molecule has 33 heavy (non-hydrogen) atoms. The fraction of sp³-hybridized carbons (Fsp3) is 0.407. The third-order valence-electron chi connectivity index (χ3n) is 7.06. The molecule has 0 aromatic heterocycles. The Morgan fingerprint density at radius 1 is 0.818 bits per heavy atom. The van der Waals surface area contributed by atoms with Crippen molar-refractivity contribution in [2.45, 2.75) is 58.3 Å². The van der Waals surface area contributed by atoms with Crippen molar-refractivity contribution in [1.82, 2.24) is 10.6 Å². The third kappa shape index (κ3) is 3.99. The quantitative estimate of drug-likeness (QED) is 0.497. The van der Waals surface area contributed by atoms with E-state index in [4.69, 9.17) is 9.47 Å². The lowest BCUT2D eigenvalue weighted by Crippen LogP contribution is -2.34. The highest BCUT2D eigenvalue weighted by atomic mass is 16.5. The minimum absolute atomic E-state index is 0.0734. The Kier molecular flexibility index (Phi) is 5.51. The standard InChI is InChI=1S/C27H32N2O4/c1-15-10-19-20(27(4,5)9-8-26(19,2)3)13-17(15)18-11-16(22(32-6)14-23(18)33-7)12-21-24(30)29-25(31)28-21/h10-14H,8-9H2,1-7H3,(H2,28,29,30,31)/b21-12-. The second-order valence-corrected chi connectivity index (χ2v) is 10.2. The summed E-state index contributed by atoms with van der Waals surface area (Å²) in [5, 5.41) is 4.77. The molecule has 0 radical (unpaired) electrons. The smallest absolute Gasteiger partial charge is 0.326 e. The number of ether oxygens (including phenoxy) is 2. The molecular formula is C27H32N2O4. The number of hydrogen-bond donors (Lipinski definition) is 2. The first-order chi connectivity index (χ1) is 15.5. The Hall–Kier alpha value is -3.28. The number of amides is 3. The number of carbonyl (C=O) groups is 2. The molecular weight excluding hydrogens is 416 g/mol. The van der Waals surface area contributed by atoms with Crippen molar-refractivity contribution in [2.24, 2.45) is 0 Å². The summed E-state index contributed by atoms with van der Waals surface area (Å²) >= 11 is 0. The van der Waals surface area contributed by atoms with E-state index in [1.54, 1.807) is 20.3 Å². The summed E-state index contributed by atoms with van der Waals surface area (Å²) in [4.78, 5) is 23.6. The molecule has 0 spiro atoms. The van der Waals surface area contributed by atoms with Gasteiger partial charge in [0.05, 0.1) is 14.2 Å². The topological polar surface area (TPSA) is 76.7 Å². The monoisotopic (exact) mass is 448 g/mol. The maximum Gasteiger partial charge on any atom is 0.326 e. The van der Waals surface area contributed by atoms with Crippen LogP contribution in [0.15, 0.2) is 30.0 Å². The largest absolute Gasteiger partial charge is 0.496 e. The number of fused-ring (bicyclic) bond motifs is 1. The molecule has 1 aliphatic heterocycles. The van der Waals surface area contributed by atoms with Crippen LogP contribution in [0, 0.1) is 6.92 Å². The fourth-order valence-corrected chi connectivity index (χ4v) is 4.90. The Morgan fingerprint density at radius 3 is 1.97 bits per heavy atom. The normalized spacial score (nSPS) is 19.7. The van der Waals surface area contributed by atoms with Crippen LogP contribution in [-0.4, -0.2) is 26.2 Å². The van der Waals surface area contributed by atoms with Crippen molar-refractivity contribution in [1.29, 1.82) is 0 Å². The molecule has 6 heteroatoms. The molecule has 2 aromatic rings. The van der Waals surface area contributed by atoms with Crippen LogP contribution in [0.4, 0.5) is 4.79 Å². The molecule has 2 aromatic carbocycles. The molecule has 174 valence electrons. The number of rotatable bonds is 4. The van der Waals surface area contributed by atoms with Gasteiger partial charge in [0.25, 0.3) is 5.91 Å². The minimum atomic E-state index is -0.533. The van der Waals surface area contributed by atoms with Crippen molar-refractivity contribution in [3.63, 3.8) is 0 Å². The lowest BCUT2D eigenvalue weighted by Gasteiger charge is -2.42. The van der Waals surface area contributed by atoms with Crippen LogP contribution in [0.1, 0.15) is 62.8 Å². The Balaban J connectivity index is 1.93. The number of hydrogen-bond acceptors (Lipinski definition) is 4. The van der Waals surface area contributed by atoms with E-state index in [0.717, 1.165) is 29.5 Å². The SMILES string of the molecule is COc1cc(OC)c(-c2cc3c(cc2C)C(C)(C)CCC3(C)C)cc1/C=C1\NC(=O)NC1=O. The number of nitrogens with one attached hydrogen (secondary N) is 2. The Labute approximate surface area is 195 Å². The van der Waals surface area contributed by atoms with Crippen LogP contribution in [-0.2, 0) is 15.6 Å². The first-order valence-electron chi connectivity index (χ1n) is 11.2. The zero-order chi connectivity index (χ0) is 24.1. The molecule has 1 fully saturated rings. The van der Waals surface area contributed by atoms with Gasteiger partial charge in [0.15, 0.2) is 0 Å². The molecule has 1 aliphatic carbocycles. The maximum atomic E-state index is 12.1. The van der Waals surface area contributed by atoms with Crippen molar-refractivity contribution >= 4 is 18.0 Å². The van der Waals surface area contributed by atoms with Crippen LogP contribution in [0.5, 0.6) is 11.5 Å². The molecule has 2 aliphatic rings. The van der Waals surface area contributed by atoms with E-state index < -0.39 is 11.9 Å². The Morgan fingerprint density at radius 2 is 1.42 bits per heavy atom. The van der Waals surface area contributed by atoms with Gasteiger partial charge < -0.3 is 14.8 Å². The number of benzene rings is 2. The van der Waals surface area contributed by atoms with Gasteiger partial charge in [0.2, 0.25) is 0 Å². The van der Waals surface area contributed by atoms with E-state index >= 15 is 0 Å². The number of aryl methyl sites for hydroxylation is 1. The van der Waals surface area contributed by atoms with Gasteiger partial charge in [-0.2, -0.15) is 0 Å². The van der Waals surface area contributed by atoms with Crippen LogP contribution >= 0.6 is 0 Å². The molecule has 4 rings (SSSR count). The first kappa shape index (κ1) is 22.9. The van der Waals surface area contributed by atoms with Gasteiger partial charge in [-0.15, -0.1) is 0 Å². The highest BCUT2D eigenvalue weighted by molar-refractivity contribution is 6.14. The minimum Gasteiger partial charge on any atom is -0.496 e. The van der Waals surface area contributed by atoms with Gasteiger partial charge in [-0.05, 0) is 71.1 Å². The Bertz CT molecular complexity index is 1190. The van der Waals surface area contributed by atoms with Crippen LogP contribution in [0.2, 0.25) is 0 Å². The fourth-order valence-electron chi connectivity index (χ4n) is 4.90. The van der Waals surface area contributed by atoms with Gasteiger partial charge in [-0.25, -0.2) is 4.79 Å². The van der Waals surface area contributed by atoms with Crippen molar-refractivity contribution in [3.05, 3.63) is 52.2 Å². The van der Waals surface area contributed by atoms with Crippen LogP contribution < -0.4 is 20.1 Å². The van der Waals surface area contributed by atoms with Crippen molar-refractivity contribution in [3.8, 4) is 22.6 Å². The van der Waals surface area contributed by atoms with Gasteiger partial charge in [0.1, 0.15) is 17.2 Å². The summed E-state index contributed by atoms with van der Waals surface area (Å²) in [7, 11) is 3.21. The predicted molar refractivity (Wildman–Crippen MR) is 130 cm³/mol. The molecule has 6 nitrogen and oxygen atoms in total.